The summed E-state index contributed by atoms with van der Waals surface area (Å²) < 4.78 is 25.1. The topological polar surface area (TPSA) is 69.9 Å². The maximum atomic E-state index is 13.0. The van der Waals surface area contributed by atoms with E-state index in [1.807, 2.05) is 13.8 Å². The fourth-order valence-corrected chi connectivity index (χ4v) is 3.74. The van der Waals surface area contributed by atoms with Crippen LogP contribution in [-0.4, -0.2) is 22.0 Å². The summed E-state index contributed by atoms with van der Waals surface area (Å²) in [6.45, 7) is 5.86. The first-order chi connectivity index (χ1) is 13.9. The average molecular weight is 416 g/mol. The summed E-state index contributed by atoms with van der Waals surface area (Å²) in [5, 5.41) is 0. The van der Waals surface area contributed by atoms with Gasteiger partial charge in [-0.05, 0) is 50.6 Å². The average Bonchev–Trinajstić information content (AvgIpc) is 3.01. The standard InChI is InChI=1S/C21H21FN2O4S/c1-4-14(20(26)27-5-2)10-18-13(3)29-21-23-16(11-19(25)24(18)21)12-28-17-8-6-15(22)7-9-17/h6-11H,4-5,12H2,1-3H3/b14-10+. The van der Waals surface area contributed by atoms with E-state index >= 15 is 0 Å². The van der Waals surface area contributed by atoms with Gasteiger partial charge in [-0.2, -0.15) is 0 Å². The number of aryl methyl sites for hydroxylation is 1. The van der Waals surface area contributed by atoms with E-state index in [1.54, 1.807) is 13.0 Å². The maximum Gasteiger partial charge on any atom is 0.334 e. The van der Waals surface area contributed by atoms with Gasteiger partial charge in [-0.15, -0.1) is 11.3 Å². The Bertz CT molecular complexity index is 1120. The Labute approximate surface area is 171 Å². The summed E-state index contributed by atoms with van der Waals surface area (Å²) >= 11 is 1.36. The Morgan fingerprint density at radius 1 is 1.28 bits per heavy atom. The van der Waals surface area contributed by atoms with Gasteiger partial charge in [0.25, 0.3) is 5.56 Å². The van der Waals surface area contributed by atoms with E-state index < -0.39 is 0 Å². The molecule has 0 aliphatic rings. The highest BCUT2D eigenvalue weighted by molar-refractivity contribution is 7.17. The minimum atomic E-state index is -0.390. The molecule has 0 fully saturated rings. The number of aromatic nitrogens is 2. The van der Waals surface area contributed by atoms with Crippen LogP contribution in [-0.2, 0) is 16.1 Å². The van der Waals surface area contributed by atoms with E-state index in [1.165, 1.54) is 46.1 Å². The van der Waals surface area contributed by atoms with Gasteiger partial charge in [0.1, 0.15) is 18.2 Å². The van der Waals surface area contributed by atoms with Gasteiger partial charge in [0.15, 0.2) is 4.96 Å². The lowest BCUT2D eigenvalue weighted by molar-refractivity contribution is -0.138. The van der Waals surface area contributed by atoms with E-state index in [0.29, 0.717) is 40.7 Å². The Morgan fingerprint density at radius 3 is 2.66 bits per heavy atom. The second-order valence-electron chi connectivity index (χ2n) is 6.23. The number of fused-ring (bicyclic) bond motifs is 1. The first-order valence-corrected chi connectivity index (χ1v) is 10.0. The predicted molar refractivity (Wildman–Crippen MR) is 110 cm³/mol. The zero-order valence-corrected chi connectivity index (χ0v) is 17.2. The molecule has 3 rings (SSSR count). The number of rotatable bonds is 7. The van der Waals surface area contributed by atoms with Crippen molar-refractivity contribution in [2.75, 3.05) is 6.61 Å². The van der Waals surface area contributed by atoms with Gasteiger partial charge < -0.3 is 9.47 Å². The molecular formula is C21H21FN2O4S. The van der Waals surface area contributed by atoms with Crippen LogP contribution in [0.25, 0.3) is 11.0 Å². The minimum Gasteiger partial charge on any atom is -0.487 e. The molecule has 152 valence electrons. The molecule has 2 aromatic heterocycles. The molecule has 0 radical (unpaired) electrons. The lowest BCUT2D eigenvalue weighted by Gasteiger charge is -2.07. The van der Waals surface area contributed by atoms with Crippen molar-refractivity contribution in [3.8, 4) is 5.75 Å². The minimum absolute atomic E-state index is 0.0858. The molecule has 8 heteroatoms. The molecule has 0 saturated carbocycles. The molecule has 0 saturated heterocycles. The molecule has 0 aliphatic carbocycles. The lowest BCUT2D eigenvalue weighted by Crippen LogP contribution is -2.17. The van der Waals surface area contributed by atoms with Gasteiger partial charge >= 0.3 is 5.97 Å². The highest BCUT2D eigenvalue weighted by atomic mass is 32.1. The van der Waals surface area contributed by atoms with Gasteiger partial charge in [-0.1, -0.05) is 6.92 Å². The van der Waals surface area contributed by atoms with Gasteiger partial charge in [-0.3, -0.25) is 9.20 Å². The molecular weight excluding hydrogens is 395 g/mol. The predicted octanol–water partition coefficient (Wildman–Crippen LogP) is 4.14. The third kappa shape index (κ3) is 4.71. The first kappa shape index (κ1) is 20.7. The van der Waals surface area contributed by atoms with Crippen LogP contribution < -0.4 is 10.3 Å². The van der Waals surface area contributed by atoms with Crippen LogP contribution in [0, 0.1) is 12.7 Å². The molecule has 0 amide bonds. The van der Waals surface area contributed by atoms with Crippen molar-refractivity contribution in [3.63, 3.8) is 0 Å². The van der Waals surface area contributed by atoms with Gasteiger partial charge in [0.2, 0.25) is 0 Å². The van der Waals surface area contributed by atoms with Crippen molar-refractivity contribution in [1.29, 1.82) is 0 Å². The number of nitrogens with zero attached hydrogens (tertiary/aromatic N) is 2. The second kappa shape index (κ2) is 9.00. The van der Waals surface area contributed by atoms with Crippen LogP contribution in [0.15, 0.2) is 40.7 Å². The Kier molecular flexibility index (Phi) is 6.43. The van der Waals surface area contributed by atoms with E-state index in [9.17, 15) is 14.0 Å². The van der Waals surface area contributed by atoms with Gasteiger partial charge in [-0.25, -0.2) is 14.2 Å². The van der Waals surface area contributed by atoms with E-state index in [0.717, 1.165) is 4.88 Å². The van der Waals surface area contributed by atoms with Gasteiger partial charge in [0, 0.05) is 16.5 Å². The van der Waals surface area contributed by atoms with Crippen molar-refractivity contribution in [2.24, 2.45) is 0 Å². The Balaban J connectivity index is 1.93. The van der Waals surface area contributed by atoms with Crippen LogP contribution >= 0.6 is 11.3 Å². The summed E-state index contributed by atoms with van der Waals surface area (Å²) in [6.07, 6.45) is 2.18. The number of halogens is 1. The van der Waals surface area contributed by atoms with E-state index in [2.05, 4.69) is 4.98 Å². The highest BCUT2D eigenvalue weighted by Gasteiger charge is 2.15. The maximum absolute atomic E-state index is 13.0. The third-order valence-electron chi connectivity index (χ3n) is 4.22. The van der Waals surface area contributed by atoms with Crippen LogP contribution in [0.5, 0.6) is 5.75 Å². The summed E-state index contributed by atoms with van der Waals surface area (Å²) in [5.74, 6) is -0.250. The quantitative estimate of drug-likeness (QED) is 0.428. The third-order valence-corrected chi connectivity index (χ3v) is 5.19. The van der Waals surface area contributed by atoms with Gasteiger partial charge in [0.05, 0.1) is 18.0 Å². The summed E-state index contributed by atoms with van der Waals surface area (Å²) in [4.78, 5) is 30.7. The van der Waals surface area contributed by atoms with Crippen molar-refractivity contribution >= 4 is 28.3 Å². The van der Waals surface area contributed by atoms with Crippen LogP contribution in [0.2, 0.25) is 0 Å². The zero-order chi connectivity index (χ0) is 21.0. The number of ether oxygens (including phenoxy) is 2. The number of hydrogen-bond acceptors (Lipinski definition) is 6. The molecule has 0 unspecified atom stereocenters. The highest BCUT2D eigenvalue weighted by Crippen LogP contribution is 2.23. The SMILES string of the molecule is CCOC(=O)/C(=C/c1c(C)sc2nc(COc3ccc(F)cc3)cc(=O)n12)CC. The molecule has 2 heterocycles. The van der Waals surface area contributed by atoms with Crippen molar-refractivity contribution in [1.82, 2.24) is 9.38 Å². The number of esters is 1. The Morgan fingerprint density at radius 2 is 2.00 bits per heavy atom. The summed E-state index contributed by atoms with van der Waals surface area (Å²) in [5.41, 5.74) is 1.32. The van der Waals surface area contributed by atoms with Crippen LogP contribution in [0.1, 0.15) is 36.5 Å². The fourth-order valence-electron chi connectivity index (χ4n) is 2.77. The molecule has 3 aromatic rings. The van der Waals surface area contributed by atoms with E-state index in [4.69, 9.17) is 9.47 Å². The summed E-state index contributed by atoms with van der Waals surface area (Å²) in [7, 11) is 0. The lowest BCUT2D eigenvalue weighted by atomic mass is 10.1. The molecule has 1 aromatic carbocycles. The molecule has 0 spiro atoms. The number of carbonyl (C=O) groups excluding carboxylic acids is 1. The molecule has 0 aliphatic heterocycles. The van der Waals surface area contributed by atoms with Crippen molar-refractivity contribution in [2.45, 2.75) is 33.8 Å². The zero-order valence-electron chi connectivity index (χ0n) is 16.4. The summed E-state index contributed by atoms with van der Waals surface area (Å²) in [6, 6.07) is 7.03. The first-order valence-electron chi connectivity index (χ1n) is 9.21. The number of thiazole rings is 1. The monoisotopic (exact) mass is 416 g/mol. The number of benzene rings is 1. The number of carbonyl (C=O) groups is 1. The van der Waals surface area contributed by atoms with Crippen molar-refractivity contribution < 1.29 is 18.7 Å². The van der Waals surface area contributed by atoms with Crippen molar-refractivity contribution in [3.05, 3.63) is 68.3 Å². The largest absolute Gasteiger partial charge is 0.487 e. The van der Waals surface area contributed by atoms with Crippen LogP contribution in [0.3, 0.4) is 0 Å². The second-order valence-corrected chi connectivity index (χ2v) is 7.42. The van der Waals surface area contributed by atoms with Crippen LogP contribution in [0.4, 0.5) is 4.39 Å². The normalized spacial score (nSPS) is 11.7. The molecule has 6 nitrogen and oxygen atoms in total. The van der Waals surface area contributed by atoms with E-state index in [-0.39, 0.29) is 24.0 Å². The smallest absolute Gasteiger partial charge is 0.334 e. The molecule has 0 bridgehead atoms. The molecule has 0 atom stereocenters. The number of hydrogen-bond donors (Lipinski definition) is 0. The fraction of sp³-hybridized carbons (Fsp3) is 0.286. The Hall–Kier alpha value is -3.00. The molecule has 29 heavy (non-hydrogen) atoms. The molecule has 0 N–H and O–H groups in total.